The van der Waals surface area contributed by atoms with Gasteiger partial charge in [0.05, 0.1) is 26.7 Å². The van der Waals surface area contributed by atoms with Crippen LogP contribution in [0.5, 0.6) is 0 Å². The van der Waals surface area contributed by atoms with E-state index in [9.17, 15) is 24.6 Å². The van der Waals surface area contributed by atoms with Crippen molar-refractivity contribution < 1.29 is 32.5 Å². The lowest BCUT2D eigenvalue weighted by Gasteiger charge is -2.27. The molecule has 0 aromatic carbocycles. The molecule has 0 aromatic heterocycles. The molecule has 0 spiro atoms. The van der Waals surface area contributed by atoms with Crippen LogP contribution in [0.15, 0.2) is 0 Å². The van der Waals surface area contributed by atoms with Gasteiger partial charge in [-0.25, -0.2) is 0 Å². The van der Waals surface area contributed by atoms with Crippen molar-refractivity contribution in [3.8, 4) is 0 Å². The summed E-state index contributed by atoms with van der Waals surface area (Å²) >= 11 is 0. The fraction of sp³-hybridized carbons (Fsp3) is 0.667. The van der Waals surface area contributed by atoms with Gasteiger partial charge in [-0.2, -0.15) is 0 Å². The Hall–Kier alpha value is -2.04. The van der Waals surface area contributed by atoms with Crippen molar-refractivity contribution in [3.05, 3.63) is 0 Å². The zero-order valence-electron chi connectivity index (χ0n) is 14.1. The largest absolute Gasteiger partial charge is 0.394 e. The monoisotopic (exact) mass is 320 g/mol. The normalized spacial score (nSPS) is 17.3. The molecule has 0 radical (unpaired) electrons. The fourth-order valence-corrected chi connectivity index (χ4v) is 1.68. The van der Waals surface area contributed by atoms with Crippen molar-refractivity contribution >= 4 is 23.4 Å². The Bertz CT molecular complexity index is 502. The molecule has 22 heavy (non-hydrogen) atoms. The maximum atomic E-state index is 11.7. The average Bonchev–Trinajstić information content (AvgIpc) is 2.51. The number of guanidine groups is 1. The Morgan fingerprint density at radius 2 is 1.91 bits per heavy atom. The molecule has 0 rings (SSSR count). The maximum Gasteiger partial charge on any atom is 0.229 e. The summed E-state index contributed by atoms with van der Waals surface area (Å²) in [5.41, 5.74) is 5.19. The third kappa shape index (κ3) is 7.11. The number of nitrogens with two attached hydrogens (primary N) is 1. The molecule has 0 aliphatic carbocycles. The highest BCUT2D eigenvalue weighted by Gasteiger charge is 2.26. The van der Waals surface area contributed by atoms with E-state index in [2.05, 4.69) is 5.32 Å². The molecule has 0 saturated heterocycles. The van der Waals surface area contributed by atoms with Crippen LogP contribution >= 0.6 is 0 Å². The molecule has 1 unspecified atom stereocenters. The number of hydrogen-bond donors (Lipinski definition) is 7. The van der Waals surface area contributed by atoms with Crippen LogP contribution in [-0.2, 0) is 14.4 Å². The van der Waals surface area contributed by atoms with Gasteiger partial charge in [0.1, 0.15) is 6.08 Å². The molecule has 3 atom stereocenters. The molecule has 0 bridgehead atoms. The standard InChI is InChI=1S/C12H22N4O6/c1-6(19)15-8(4-17)7(16-12(13)14)2-3-9(20)11(22)10(21)5-18/h7-8,10,17-18,21H,2-5H2,1H3,(H,15,19)(H4,13,14,16)/t7-,8-,10?/m1/s1/i10D/hD. The van der Waals surface area contributed by atoms with Crippen molar-refractivity contribution in [3.63, 3.8) is 0 Å². The second kappa shape index (κ2) is 9.82. The second-order valence-corrected chi connectivity index (χ2v) is 4.47. The Labute approximate surface area is 130 Å². The van der Waals surface area contributed by atoms with E-state index >= 15 is 0 Å². The average molecular weight is 320 g/mol. The number of carbonyl (C=O) groups excluding carboxylic acids is 3. The molecule has 0 aliphatic heterocycles. The third-order valence-electron chi connectivity index (χ3n) is 2.69. The Kier molecular flexibility index (Phi) is 7.29. The number of amides is 1. The van der Waals surface area contributed by atoms with E-state index < -0.39 is 61.2 Å². The van der Waals surface area contributed by atoms with E-state index in [4.69, 9.17) is 19.0 Å². The van der Waals surface area contributed by atoms with Crippen molar-refractivity contribution in [1.29, 1.82) is 5.41 Å². The quantitative estimate of drug-likeness (QED) is 0.123. The van der Waals surface area contributed by atoms with E-state index in [0.29, 0.717) is 5.31 Å². The molecule has 10 nitrogen and oxygen atoms in total. The summed E-state index contributed by atoms with van der Waals surface area (Å²) in [7, 11) is 0. The molecule has 0 saturated carbocycles. The van der Waals surface area contributed by atoms with Crippen LogP contribution in [0.3, 0.4) is 0 Å². The van der Waals surface area contributed by atoms with Crippen LogP contribution in [0.1, 0.15) is 21.1 Å². The first-order valence-corrected chi connectivity index (χ1v) is 6.38. The van der Waals surface area contributed by atoms with Gasteiger partial charge in [-0.3, -0.25) is 19.8 Å². The second-order valence-electron chi connectivity index (χ2n) is 4.47. The van der Waals surface area contributed by atoms with Crippen LogP contribution in [-0.4, -0.2) is 70.1 Å². The molecule has 0 aliphatic rings. The molecule has 8 N–H and O–H groups in total. The van der Waals surface area contributed by atoms with E-state index in [1.807, 2.05) is 0 Å². The first kappa shape index (κ1) is 16.3. The Morgan fingerprint density at radius 1 is 1.32 bits per heavy atom. The van der Waals surface area contributed by atoms with Gasteiger partial charge in [0, 0.05) is 13.3 Å². The highest BCUT2D eigenvalue weighted by atomic mass is 16.3. The van der Waals surface area contributed by atoms with Crippen molar-refractivity contribution in [2.45, 2.75) is 37.9 Å². The first-order valence-electron chi connectivity index (χ1n) is 7.33. The number of aliphatic hydroxyl groups excluding tert-OH is 2. The maximum absolute atomic E-state index is 11.7. The predicted molar refractivity (Wildman–Crippen MR) is 75.9 cm³/mol. The van der Waals surface area contributed by atoms with Gasteiger partial charge in [-0.1, -0.05) is 0 Å². The lowest BCUT2D eigenvalue weighted by atomic mass is 9.99. The summed E-state index contributed by atoms with van der Waals surface area (Å²) in [4.78, 5) is 34.4. The van der Waals surface area contributed by atoms with E-state index in [1.165, 1.54) is 0 Å². The molecule has 0 heterocycles. The van der Waals surface area contributed by atoms with E-state index in [1.54, 1.807) is 0 Å². The van der Waals surface area contributed by atoms with Gasteiger partial charge in [0.25, 0.3) is 0 Å². The summed E-state index contributed by atoms with van der Waals surface area (Å²) in [6.07, 6.45) is -3.79. The minimum Gasteiger partial charge on any atom is -0.394 e. The van der Waals surface area contributed by atoms with Crippen molar-refractivity contribution in [2.75, 3.05) is 13.2 Å². The van der Waals surface area contributed by atoms with Gasteiger partial charge in [-0.15, -0.1) is 0 Å². The number of nitrogens with one attached hydrogen (secondary N) is 3. The summed E-state index contributed by atoms with van der Waals surface area (Å²) < 4.78 is 14.8. The van der Waals surface area contributed by atoms with Crippen LogP contribution < -0.4 is 16.4 Å². The van der Waals surface area contributed by atoms with Crippen LogP contribution in [0.25, 0.3) is 0 Å². The van der Waals surface area contributed by atoms with Gasteiger partial charge in [0.2, 0.25) is 17.5 Å². The van der Waals surface area contributed by atoms with Crippen molar-refractivity contribution in [1.82, 2.24) is 10.6 Å². The van der Waals surface area contributed by atoms with Crippen molar-refractivity contribution in [2.24, 2.45) is 5.73 Å². The summed E-state index contributed by atoms with van der Waals surface area (Å²) in [6, 6.07) is -2.15. The van der Waals surface area contributed by atoms with Gasteiger partial charge >= 0.3 is 0 Å². The zero-order chi connectivity index (χ0) is 19.1. The van der Waals surface area contributed by atoms with E-state index in [-0.39, 0.29) is 6.42 Å². The lowest BCUT2D eigenvalue weighted by molar-refractivity contribution is -0.142. The third-order valence-corrected chi connectivity index (χ3v) is 2.69. The number of carbonyl (C=O) groups is 3. The molecular formula is C12H22N4O6. The highest BCUT2D eigenvalue weighted by Crippen LogP contribution is 2.05. The summed E-state index contributed by atoms with van der Waals surface area (Å²) in [6.45, 7) is -0.712. The van der Waals surface area contributed by atoms with Gasteiger partial charge < -0.3 is 31.7 Å². The molecule has 1 amide bonds. The fourth-order valence-electron chi connectivity index (χ4n) is 1.68. The SMILES string of the molecule is [2H]N(C(=N)N)[C@H](CCC(=O)C(=O)C([2H])(O)CO)[C@@H](CO)NC(C)=O. The number of hydrogen-bond acceptors (Lipinski definition) is 7. The Morgan fingerprint density at radius 3 is 2.32 bits per heavy atom. The topological polar surface area (TPSA) is 186 Å². The van der Waals surface area contributed by atoms with Gasteiger partial charge in [0.15, 0.2) is 7.37 Å². The number of Topliss-reactive ketones (excluding diaryl/α,β-unsaturated/α-hetero) is 2. The van der Waals surface area contributed by atoms with Crippen LogP contribution in [0.2, 0.25) is 1.41 Å². The number of aliphatic hydroxyl groups is 3. The molecule has 126 valence electrons. The van der Waals surface area contributed by atoms with Crippen LogP contribution in [0, 0.1) is 5.41 Å². The zero-order valence-corrected chi connectivity index (χ0v) is 12.1. The predicted octanol–water partition coefficient (Wildman–Crippen LogP) is -3.39. The molecule has 10 heteroatoms. The lowest BCUT2D eigenvalue weighted by Crippen LogP contribution is -2.54. The Balaban J connectivity index is 5.14. The van der Waals surface area contributed by atoms with E-state index in [0.717, 1.165) is 6.92 Å². The molecule has 0 fully saturated rings. The van der Waals surface area contributed by atoms with Crippen LogP contribution in [0.4, 0.5) is 0 Å². The van der Waals surface area contributed by atoms with Gasteiger partial charge in [-0.05, 0) is 6.42 Å². The molecule has 0 aromatic rings. The summed E-state index contributed by atoms with van der Waals surface area (Å²) in [5.74, 6) is -3.94. The minimum atomic E-state index is -2.96. The smallest absolute Gasteiger partial charge is 0.229 e. The summed E-state index contributed by atoms with van der Waals surface area (Å²) in [5, 5.41) is 37.3. The molecular weight excluding hydrogens is 296 g/mol. The highest BCUT2D eigenvalue weighted by molar-refractivity contribution is 6.38. The number of ketones is 2. The number of rotatable bonds is 10. The minimum absolute atomic E-state index is 0.277. The first-order chi connectivity index (χ1) is 11.0.